The van der Waals surface area contributed by atoms with Crippen LogP contribution in [0.5, 0.6) is 17.2 Å². The van der Waals surface area contributed by atoms with Crippen LogP contribution in [-0.4, -0.2) is 12.5 Å². The van der Waals surface area contributed by atoms with Gasteiger partial charge in [-0.15, -0.1) is 0 Å². The molecule has 0 fully saturated rings. The topological polar surface area (TPSA) is 47.6 Å². The molecule has 3 rings (SSSR count). The van der Waals surface area contributed by atoms with Crippen molar-refractivity contribution in [3.8, 4) is 17.2 Å². The number of anilines is 1. The minimum Gasteiger partial charge on any atom is -0.493 e. The van der Waals surface area contributed by atoms with Crippen molar-refractivity contribution in [2.24, 2.45) is 0 Å². The normalized spacial score (nSPS) is 10.1. The quantitative estimate of drug-likeness (QED) is 0.680. The second kappa shape index (κ2) is 8.02. The van der Waals surface area contributed by atoms with Gasteiger partial charge in [-0.05, 0) is 55.5 Å². The highest BCUT2D eigenvalue weighted by atomic mass is 16.5. The van der Waals surface area contributed by atoms with Crippen LogP contribution in [-0.2, 0) is 0 Å². The third-order valence-corrected chi connectivity index (χ3v) is 3.52. The number of para-hydroxylation sites is 2. The summed E-state index contributed by atoms with van der Waals surface area (Å²) in [6.45, 7) is 2.40. The Labute approximate surface area is 147 Å². The van der Waals surface area contributed by atoms with Crippen molar-refractivity contribution >= 4 is 11.6 Å². The van der Waals surface area contributed by atoms with Crippen LogP contribution in [0.4, 0.5) is 5.69 Å². The van der Waals surface area contributed by atoms with Crippen molar-refractivity contribution in [2.45, 2.75) is 6.92 Å². The van der Waals surface area contributed by atoms with Gasteiger partial charge in [0.2, 0.25) is 0 Å². The maximum atomic E-state index is 12.5. The van der Waals surface area contributed by atoms with Crippen molar-refractivity contribution in [3.63, 3.8) is 0 Å². The molecule has 0 aliphatic carbocycles. The summed E-state index contributed by atoms with van der Waals surface area (Å²) in [5.41, 5.74) is 1.20. The fourth-order valence-electron chi connectivity index (χ4n) is 2.36. The molecule has 0 aliphatic heterocycles. The van der Waals surface area contributed by atoms with E-state index in [1.54, 1.807) is 24.3 Å². The first-order valence-electron chi connectivity index (χ1n) is 8.12. The molecule has 0 atom stereocenters. The fraction of sp³-hybridized carbons (Fsp3) is 0.0952. The van der Waals surface area contributed by atoms with Gasteiger partial charge in [0, 0.05) is 5.69 Å². The van der Waals surface area contributed by atoms with Crippen LogP contribution < -0.4 is 14.8 Å². The van der Waals surface area contributed by atoms with Gasteiger partial charge in [-0.3, -0.25) is 4.79 Å². The highest BCUT2D eigenvalue weighted by Gasteiger charge is 2.12. The monoisotopic (exact) mass is 333 g/mol. The molecule has 0 heterocycles. The van der Waals surface area contributed by atoms with E-state index < -0.39 is 0 Å². The third kappa shape index (κ3) is 4.38. The van der Waals surface area contributed by atoms with Gasteiger partial charge in [0.25, 0.3) is 5.91 Å². The molecule has 0 aromatic heterocycles. The van der Waals surface area contributed by atoms with E-state index in [9.17, 15) is 4.79 Å². The number of hydrogen-bond donors (Lipinski definition) is 1. The van der Waals surface area contributed by atoms with Gasteiger partial charge in [0.05, 0.1) is 12.2 Å². The molecule has 0 saturated heterocycles. The van der Waals surface area contributed by atoms with E-state index in [-0.39, 0.29) is 5.91 Å². The lowest BCUT2D eigenvalue weighted by Crippen LogP contribution is -2.13. The fourth-order valence-corrected chi connectivity index (χ4v) is 2.36. The summed E-state index contributed by atoms with van der Waals surface area (Å²) in [6, 6.07) is 24.0. The molecule has 4 nitrogen and oxygen atoms in total. The number of nitrogens with one attached hydrogen (secondary N) is 1. The highest BCUT2D eigenvalue weighted by molar-refractivity contribution is 6.06. The summed E-state index contributed by atoms with van der Waals surface area (Å²) < 4.78 is 11.2. The van der Waals surface area contributed by atoms with E-state index in [4.69, 9.17) is 9.47 Å². The van der Waals surface area contributed by atoms with Gasteiger partial charge < -0.3 is 14.8 Å². The summed E-state index contributed by atoms with van der Waals surface area (Å²) in [6.07, 6.45) is 0. The molecule has 0 spiro atoms. The van der Waals surface area contributed by atoms with Crippen LogP contribution in [0.25, 0.3) is 0 Å². The lowest BCUT2D eigenvalue weighted by molar-refractivity contribution is 0.102. The maximum Gasteiger partial charge on any atom is 0.259 e. The molecule has 0 unspecified atom stereocenters. The Hall–Kier alpha value is -3.27. The molecule has 126 valence electrons. The smallest absolute Gasteiger partial charge is 0.259 e. The molecule has 3 aromatic rings. The van der Waals surface area contributed by atoms with E-state index >= 15 is 0 Å². The lowest BCUT2D eigenvalue weighted by Gasteiger charge is -2.11. The summed E-state index contributed by atoms with van der Waals surface area (Å²) in [5.74, 6) is 1.84. The Bertz CT molecular complexity index is 829. The Morgan fingerprint density at radius 3 is 2.20 bits per heavy atom. The highest BCUT2D eigenvalue weighted by Crippen LogP contribution is 2.24. The number of hydrogen-bond acceptors (Lipinski definition) is 3. The van der Waals surface area contributed by atoms with Gasteiger partial charge in [-0.2, -0.15) is 0 Å². The first-order chi connectivity index (χ1) is 12.3. The second-order valence-electron chi connectivity index (χ2n) is 5.32. The van der Waals surface area contributed by atoms with E-state index in [0.717, 1.165) is 5.75 Å². The Morgan fingerprint density at radius 2 is 1.48 bits per heavy atom. The number of ether oxygens (including phenoxy) is 2. The largest absolute Gasteiger partial charge is 0.493 e. The standard InChI is InChI=1S/C21H19NO3/c1-2-24-20-11-7-6-10-19(20)21(23)22-16-12-14-18(15-13-16)25-17-8-4-3-5-9-17/h3-15H,2H2,1H3,(H,22,23). The van der Waals surface area contributed by atoms with Crippen molar-refractivity contribution < 1.29 is 14.3 Å². The van der Waals surface area contributed by atoms with Crippen molar-refractivity contribution in [1.29, 1.82) is 0 Å². The summed E-state index contributed by atoms with van der Waals surface area (Å²) in [4.78, 5) is 12.5. The van der Waals surface area contributed by atoms with Gasteiger partial charge in [0.1, 0.15) is 17.2 Å². The predicted octanol–water partition coefficient (Wildman–Crippen LogP) is 5.13. The van der Waals surface area contributed by atoms with Crippen LogP contribution in [0.3, 0.4) is 0 Å². The van der Waals surface area contributed by atoms with Crippen molar-refractivity contribution in [1.82, 2.24) is 0 Å². The molecule has 4 heteroatoms. The number of amides is 1. The van der Waals surface area contributed by atoms with E-state index in [0.29, 0.717) is 29.4 Å². The van der Waals surface area contributed by atoms with Gasteiger partial charge in [0.15, 0.2) is 0 Å². The Balaban J connectivity index is 1.68. The van der Waals surface area contributed by atoms with Crippen LogP contribution in [0.1, 0.15) is 17.3 Å². The van der Waals surface area contributed by atoms with Gasteiger partial charge in [-0.1, -0.05) is 30.3 Å². The summed E-state index contributed by atoms with van der Waals surface area (Å²) >= 11 is 0. The van der Waals surface area contributed by atoms with Gasteiger partial charge in [-0.25, -0.2) is 0 Å². The average Bonchev–Trinajstić information content (AvgIpc) is 2.65. The number of carbonyl (C=O) groups excluding carboxylic acids is 1. The minimum atomic E-state index is -0.208. The third-order valence-electron chi connectivity index (χ3n) is 3.52. The number of benzene rings is 3. The molecule has 1 N–H and O–H groups in total. The maximum absolute atomic E-state index is 12.5. The zero-order chi connectivity index (χ0) is 17.5. The van der Waals surface area contributed by atoms with Crippen molar-refractivity contribution in [2.75, 3.05) is 11.9 Å². The SMILES string of the molecule is CCOc1ccccc1C(=O)Nc1ccc(Oc2ccccc2)cc1. The van der Waals surface area contributed by atoms with Crippen LogP contribution in [0.2, 0.25) is 0 Å². The van der Waals surface area contributed by atoms with E-state index in [1.807, 2.05) is 61.5 Å². The molecule has 1 amide bonds. The first kappa shape index (κ1) is 16.6. The lowest BCUT2D eigenvalue weighted by atomic mass is 10.2. The predicted molar refractivity (Wildman–Crippen MR) is 98.5 cm³/mol. The summed E-state index contributed by atoms with van der Waals surface area (Å²) in [5, 5.41) is 2.87. The number of rotatable bonds is 6. The van der Waals surface area contributed by atoms with Gasteiger partial charge >= 0.3 is 0 Å². The molecular formula is C21H19NO3. The second-order valence-corrected chi connectivity index (χ2v) is 5.32. The first-order valence-corrected chi connectivity index (χ1v) is 8.12. The van der Waals surface area contributed by atoms with Crippen LogP contribution in [0.15, 0.2) is 78.9 Å². The molecule has 3 aromatic carbocycles. The Morgan fingerprint density at radius 1 is 0.840 bits per heavy atom. The van der Waals surface area contributed by atoms with E-state index in [2.05, 4.69) is 5.32 Å². The van der Waals surface area contributed by atoms with Crippen LogP contribution >= 0.6 is 0 Å². The average molecular weight is 333 g/mol. The van der Waals surface area contributed by atoms with Crippen LogP contribution in [0, 0.1) is 0 Å². The zero-order valence-corrected chi connectivity index (χ0v) is 13.9. The molecule has 0 aliphatic rings. The zero-order valence-electron chi connectivity index (χ0n) is 13.9. The Kier molecular flexibility index (Phi) is 5.32. The molecule has 0 saturated carbocycles. The van der Waals surface area contributed by atoms with Crippen molar-refractivity contribution in [3.05, 3.63) is 84.4 Å². The summed E-state index contributed by atoms with van der Waals surface area (Å²) in [7, 11) is 0. The molecular weight excluding hydrogens is 314 g/mol. The molecule has 0 radical (unpaired) electrons. The van der Waals surface area contributed by atoms with E-state index in [1.165, 1.54) is 0 Å². The number of carbonyl (C=O) groups is 1. The molecule has 0 bridgehead atoms. The molecule has 25 heavy (non-hydrogen) atoms. The minimum absolute atomic E-state index is 0.208.